The third-order valence-corrected chi connectivity index (χ3v) is 5.99. The molecule has 1 aromatic carbocycles. The van der Waals surface area contributed by atoms with Gasteiger partial charge in [-0.1, -0.05) is 12.1 Å². The Kier molecular flexibility index (Phi) is 6.86. The van der Waals surface area contributed by atoms with E-state index in [9.17, 15) is 13.2 Å². The van der Waals surface area contributed by atoms with E-state index in [1.54, 1.807) is 18.3 Å². The summed E-state index contributed by atoms with van der Waals surface area (Å²) in [6.07, 6.45) is 3.28. The summed E-state index contributed by atoms with van der Waals surface area (Å²) in [6.45, 7) is 9.16. The minimum absolute atomic E-state index is 0.0148. The molecule has 2 unspecified atom stereocenters. The van der Waals surface area contributed by atoms with E-state index in [4.69, 9.17) is 4.74 Å². The van der Waals surface area contributed by atoms with E-state index in [0.29, 0.717) is 5.69 Å². The van der Waals surface area contributed by atoms with E-state index >= 15 is 0 Å². The van der Waals surface area contributed by atoms with Crippen LogP contribution < -0.4 is 14.9 Å². The molecular weight excluding hydrogens is 404 g/mol. The fourth-order valence-electron chi connectivity index (χ4n) is 3.27. The Morgan fingerprint density at radius 2 is 2.00 bits per heavy atom. The number of pyridine rings is 1. The first-order valence-corrected chi connectivity index (χ1v) is 11.2. The summed E-state index contributed by atoms with van der Waals surface area (Å²) in [5, 5.41) is 2.75. The van der Waals surface area contributed by atoms with Crippen LogP contribution in [-0.4, -0.2) is 51.2 Å². The summed E-state index contributed by atoms with van der Waals surface area (Å²) in [6, 6.07) is 9.47. The van der Waals surface area contributed by atoms with Crippen molar-refractivity contribution in [3.63, 3.8) is 0 Å². The van der Waals surface area contributed by atoms with E-state index < -0.39 is 15.9 Å². The number of rotatable bonds is 7. The monoisotopic (exact) mass is 430 g/mol. The topological polar surface area (TPSA) is 101 Å². The standard InChI is InChI=1S/C21H26N4O4S/c1-4-10-23-30(27,28)19-7-5-6-17(11-19)21(26)24-18-8-9-20(22-12-18)25-13-15(2)29-16(3)14-25/h4-9,11-12,15-16,23H,1,10,13-14H2,2-3H3,(H,24,26). The highest BCUT2D eigenvalue weighted by Crippen LogP contribution is 2.20. The highest BCUT2D eigenvalue weighted by molar-refractivity contribution is 7.89. The quantitative estimate of drug-likeness (QED) is 0.655. The van der Waals surface area contributed by atoms with Gasteiger partial charge >= 0.3 is 0 Å². The summed E-state index contributed by atoms with van der Waals surface area (Å²) >= 11 is 0. The zero-order valence-electron chi connectivity index (χ0n) is 17.0. The molecule has 1 aliphatic heterocycles. The first-order chi connectivity index (χ1) is 14.3. The van der Waals surface area contributed by atoms with Crippen LogP contribution in [0, 0.1) is 0 Å². The van der Waals surface area contributed by atoms with Gasteiger partial charge in [0.2, 0.25) is 10.0 Å². The molecule has 0 radical (unpaired) electrons. The van der Waals surface area contributed by atoms with Crippen LogP contribution in [0.3, 0.4) is 0 Å². The van der Waals surface area contributed by atoms with Crippen LogP contribution in [0.2, 0.25) is 0 Å². The predicted molar refractivity (Wildman–Crippen MR) is 116 cm³/mol. The zero-order chi connectivity index (χ0) is 21.7. The van der Waals surface area contributed by atoms with Gasteiger partial charge in [-0.15, -0.1) is 6.58 Å². The van der Waals surface area contributed by atoms with Crippen molar-refractivity contribution >= 4 is 27.4 Å². The molecule has 0 bridgehead atoms. The molecule has 0 aliphatic carbocycles. The lowest BCUT2D eigenvalue weighted by Crippen LogP contribution is -2.45. The van der Waals surface area contributed by atoms with E-state index in [2.05, 4.69) is 26.5 Å². The molecule has 1 aliphatic rings. The van der Waals surface area contributed by atoms with Crippen LogP contribution >= 0.6 is 0 Å². The Morgan fingerprint density at radius 3 is 2.63 bits per heavy atom. The lowest BCUT2D eigenvalue weighted by atomic mass is 10.2. The average molecular weight is 431 g/mol. The van der Waals surface area contributed by atoms with Gasteiger partial charge in [0.05, 0.1) is 29.0 Å². The van der Waals surface area contributed by atoms with Crippen LogP contribution in [0.5, 0.6) is 0 Å². The molecule has 0 spiro atoms. The molecule has 8 nitrogen and oxygen atoms in total. The maximum Gasteiger partial charge on any atom is 0.255 e. The molecule has 1 fully saturated rings. The van der Waals surface area contributed by atoms with Crippen molar-refractivity contribution in [3.05, 3.63) is 60.8 Å². The van der Waals surface area contributed by atoms with Gasteiger partial charge < -0.3 is 15.0 Å². The van der Waals surface area contributed by atoms with Crippen LogP contribution in [0.4, 0.5) is 11.5 Å². The Bertz CT molecular complexity index is 998. The summed E-state index contributed by atoms with van der Waals surface area (Å²) in [5.74, 6) is 0.398. The fraction of sp³-hybridized carbons (Fsp3) is 0.333. The van der Waals surface area contributed by atoms with Gasteiger partial charge in [-0.05, 0) is 44.2 Å². The van der Waals surface area contributed by atoms with Gasteiger partial charge in [-0.2, -0.15) is 0 Å². The molecule has 30 heavy (non-hydrogen) atoms. The number of morpholine rings is 1. The molecule has 0 saturated carbocycles. The summed E-state index contributed by atoms with van der Waals surface area (Å²) in [7, 11) is -3.71. The van der Waals surface area contributed by atoms with Crippen molar-refractivity contribution in [2.45, 2.75) is 31.0 Å². The number of benzene rings is 1. The Labute approximate surface area is 177 Å². The third-order valence-electron chi connectivity index (χ3n) is 4.57. The lowest BCUT2D eigenvalue weighted by molar-refractivity contribution is -0.00545. The third kappa shape index (κ3) is 5.44. The molecule has 2 N–H and O–H groups in total. The van der Waals surface area contributed by atoms with E-state index in [1.165, 1.54) is 24.3 Å². The number of hydrogen-bond donors (Lipinski definition) is 2. The van der Waals surface area contributed by atoms with E-state index in [-0.39, 0.29) is 29.2 Å². The van der Waals surface area contributed by atoms with Crippen molar-refractivity contribution < 1.29 is 17.9 Å². The van der Waals surface area contributed by atoms with Crippen molar-refractivity contribution in [2.75, 3.05) is 29.9 Å². The smallest absolute Gasteiger partial charge is 0.255 e. The average Bonchev–Trinajstić information content (AvgIpc) is 2.72. The molecule has 1 aromatic heterocycles. The van der Waals surface area contributed by atoms with Gasteiger partial charge in [-0.3, -0.25) is 4.79 Å². The summed E-state index contributed by atoms with van der Waals surface area (Å²) in [4.78, 5) is 19.2. The number of nitrogens with one attached hydrogen (secondary N) is 2. The largest absolute Gasteiger partial charge is 0.372 e. The number of carbonyl (C=O) groups excluding carboxylic acids is 1. The summed E-state index contributed by atoms with van der Waals surface area (Å²) in [5.41, 5.74) is 0.757. The number of sulfonamides is 1. The Morgan fingerprint density at radius 1 is 1.27 bits per heavy atom. The molecule has 2 heterocycles. The first-order valence-electron chi connectivity index (χ1n) is 9.67. The molecule has 1 amide bonds. The Hall–Kier alpha value is -2.75. The lowest BCUT2D eigenvalue weighted by Gasteiger charge is -2.36. The normalized spacial score (nSPS) is 19.3. The Balaban J connectivity index is 1.69. The molecular formula is C21H26N4O4S. The SMILES string of the molecule is C=CCNS(=O)(=O)c1cccc(C(=O)Nc2ccc(N3CC(C)OC(C)C3)nc2)c1. The van der Waals surface area contributed by atoms with Crippen LogP contribution in [0.25, 0.3) is 0 Å². The highest BCUT2D eigenvalue weighted by Gasteiger charge is 2.23. The van der Waals surface area contributed by atoms with Crippen LogP contribution in [0.15, 0.2) is 60.1 Å². The van der Waals surface area contributed by atoms with Crippen molar-refractivity contribution in [1.82, 2.24) is 9.71 Å². The maximum atomic E-state index is 12.6. The van der Waals surface area contributed by atoms with Crippen molar-refractivity contribution in [1.29, 1.82) is 0 Å². The van der Waals surface area contributed by atoms with Crippen LogP contribution in [-0.2, 0) is 14.8 Å². The highest BCUT2D eigenvalue weighted by atomic mass is 32.2. The van der Waals surface area contributed by atoms with Gasteiger partial charge in [0.25, 0.3) is 5.91 Å². The number of ether oxygens (including phenoxy) is 1. The molecule has 2 aromatic rings. The van der Waals surface area contributed by atoms with Gasteiger partial charge in [0.15, 0.2) is 0 Å². The number of nitrogens with zero attached hydrogens (tertiary/aromatic N) is 2. The second-order valence-corrected chi connectivity index (χ2v) is 8.96. The van der Waals surface area contributed by atoms with Gasteiger partial charge in [0.1, 0.15) is 5.82 Å². The van der Waals surface area contributed by atoms with Crippen molar-refractivity contribution in [2.24, 2.45) is 0 Å². The minimum atomic E-state index is -3.71. The predicted octanol–water partition coefficient (Wildman–Crippen LogP) is 2.41. The zero-order valence-corrected chi connectivity index (χ0v) is 17.9. The number of anilines is 2. The van der Waals surface area contributed by atoms with Crippen molar-refractivity contribution in [3.8, 4) is 0 Å². The molecule has 1 saturated heterocycles. The molecule has 2 atom stereocenters. The second kappa shape index (κ2) is 9.38. The molecule has 9 heteroatoms. The second-order valence-electron chi connectivity index (χ2n) is 7.19. The fourth-order valence-corrected chi connectivity index (χ4v) is 4.32. The number of amides is 1. The summed E-state index contributed by atoms with van der Waals surface area (Å²) < 4.78 is 32.6. The first kappa shape index (κ1) is 21.9. The van der Waals surface area contributed by atoms with Crippen LogP contribution in [0.1, 0.15) is 24.2 Å². The molecule has 3 rings (SSSR count). The number of aromatic nitrogens is 1. The van der Waals surface area contributed by atoms with E-state index in [1.807, 2.05) is 19.9 Å². The number of hydrogen-bond acceptors (Lipinski definition) is 6. The van der Waals surface area contributed by atoms with E-state index in [0.717, 1.165) is 18.9 Å². The molecule has 160 valence electrons. The van der Waals surface area contributed by atoms with Gasteiger partial charge in [0, 0.05) is 25.2 Å². The maximum absolute atomic E-state index is 12.6. The number of carbonyl (C=O) groups is 1. The van der Waals surface area contributed by atoms with Gasteiger partial charge in [-0.25, -0.2) is 18.1 Å². The minimum Gasteiger partial charge on any atom is -0.372 e.